The molecule has 124 valence electrons. The van der Waals surface area contributed by atoms with Gasteiger partial charge in [-0.25, -0.2) is 9.37 Å². The first kappa shape index (κ1) is 15.7. The third-order valence-electron chi connectivity index (χ3n) is 4.44. The summed E-state index contributed by atoms with van der Waals surface area (Å²) >= 11 is 7.51. The highest BCUT2D eigenvalue weighted by molar-refractivity contribution is 7.18. The average Bonchev–Trinajstić information content (AvgIpc) is 2.93. The van der Waals surface area contributed by atoms with Crippen molar-refractivity contribution in [3.8, 4) is 0 Å². The van der Waals surface area contributed by atoms with Crippen LogP contribution in [0.5, 0.6) is 0 Å². The number of aromatic nitrogens is 2. The Labute approximate surface area is 146 Å². The molecule has 0 spiro atoms. The monoisotopic (exact) mass is 363 g/mol. The van der Waals surface area contributed by atoms with Gasteiger partial charge >= 0.3 is 0 Å². The van der Waals surface area contributed by atoms with Crippen molar-refractivity contribution in [2.75, 3.05) is 6.54 Å². The van der Waals surface area contributed by atoms with Gasteiger partial charge in [0.15, 0.2) is 0 Å². The normalized spacial score (nSPS) is 15.5. The van der Waals surface area contributed by atoms with Crippen LogP contribution < -0.4 is 10.9 Å². The van der Waals surface area contributed by atoms with E-state index in [9.17, 15) is 9.18 Å². The van der Waals surface area contributed by atoms with E-state index in [0.29, 0.717) is 16.0 Å². The van der Waals surface area contributed by atoms with Gasteiger partial charge in [-0.3, -0.25) is 9.36 Å². The SMILES string of the molecule is C[C@@H](c1cc(F)cc(Cl)c1)n1cnc2sc3c(c2c1=O)CCNC3. The van der Waals surface area contributed by atoms with Crippen LogP contribution in [-0.4, -0.2) is 16.1 Å². The second-order valence-corrected chi connectivity index (χ2v) is 7.47. The van der Waals surface area contributed by atoms with E-state index in [1.165, 1.54) is 17.0 Å². The third-order valence-corrected chi connectivity index (χ3v) is 5.80. The molecule has 3 aromatic rings. The quantitative estimate of drug-likeness (QED) is 0.758. The van der Waals surface area contributed by atoms with Crippen molar-refractivity contribution >= 4 is 33.2 Å². The molecule has 0 bridgehead atoms. The van der Waals surface area contributed by atoms with Gasteiger partial charge in [-0.2, -0.15) is 0 Å². The Morgan fingerprint density at radius 2 is 2.25 bits per heavy atom. The lowest BCUT2D eigenvalue weighted by molar-refractivity contribution is 0.589. The van der Waals surface area contributed by atoms with Gasteiger partial charge in [0.05, 0.1) is 17.8 Å². The zero-order chi connectivity index (χ0) is 16.8. The van der Waals surface area contributed by atoms with Crippen LogP contribution in [-0.2, 0) is 13.0 Å². The fourth-order valence-corrected chi connectivity index (χ4v) is 4.56. The summed E-state index contributed by atoms with van der Waals surface area (Å²) in [5.74, 6) is -0.412. The number of thiophene rings is 1. The molecule has 1 aromatic carbocycles. The Morgan fingerprint density at radius 1 is 1.42 bits per heavy atom. The molecule has 24 heavy (non-hydrogen) atoms. The largest absolute Gasteiger partial charge is 0.312 e. The van der Waals surface area contributed by atoms with E-state index in [0.717, 1.165) is 29.9 Å². The molecule has 1 aliphatic heterocycles. The molecule has 1 aliphatic rings. The lowest BCUT2D eigenvalue weighted by Crippen LogP contribution is -2.26. The van der Waals surface area contributed by atoms with E-state index in [1.54, 1.807) is 28.3 Å². The Balaban J connectivity index is 1.87. The van der Waals surface area contributed by atoms with Crippen molar-refractivity contribution in [2.24, 2.45) is 0 Å². The van der Waals surface area contributed by atoms with Crippen LogP contribution in [0.1, 0.15) is 29.0 Å². The summed E-state index contributed by atoms with van der Waals surface area (Å²) < 4.78 is 15.2. The van der Waals surface area contributed by atoms with Crippen molar-refractivity contribution in [1.29, 1.82) is 0 Å². The molecule has 0 saturated heterocycles. The fraction of sp³-hybridized carbons (Fsp3) is 0.294. The molecule has 1 N–H and O–H groups in total. The fourth-order valence-electron chi connectivity index (χ4n) is 3.18. The van der Waals surface area contributed by atoms with Crippen molar-refractivity contribution in [3.05, 3.63) is 61.7 Å². The van der Waals surface area contributed by atoms with E-state index < -0.39 is 5.82 Å². The highest BCUT2D eigenvalue weighted by Gasteiger charge is 2.21. The first-order valence-corrected chi connectivity index (χ1v) is 8.92. The summed E-state index contributed by atoms with van der Waals surface area (Å²) in [4.78, 5) is 19.4. The van der Waals surface area contributed by atoms with Crippen molar-refractivity contribution in [2.45, 2.75) is 25.9 Å². The minimum atomic E-state index is -0.412. The second kappa shape index (κ2) is 5.95. The Bertz CT molecular complexity index is 977. The van der Waals surface area contributed by atoms with Gasteiger partial charge < -0.3 is 5.32 Å². The summed E-state index contributed by atoms with van der Waals surface area (Å²) in [7, 11) is 0. The highest BCUT2D eigenvalue weighted by atomic mass is 35.5. The van der Waals surface area contributed by atoms with Crippen LogP contribution in [0.4, 0.5) is 4.39 Å². The van der Waals surface area contributed by atoms with Crippen LogP contribution in [0.15, 0.2) is 29.3 Å². The first-order valence-electron chi connectivity index (χ1n) is 7.72. The maximum absolute atomic E-state index is 13.6. The average molecular weight is 364 g/mol. The van der Waals surface area contributed by atoms with Gasteiger partial charge in [0, 0.05) is 16.4 Å². The molecular formula is C17H15ClFN3OS. The maximum atomic E-state index is 13.6. The van der Waals surface area contributed by atoms with Crippen molar-refractivity contribution in [1.82, 2.24) is 14.9 Å². The Morgan fingerprint density at radius 3 is 3.04 bits per heavy atom. The second-order valence-electron chi connectivity index (χ2n) is 5.95. The maximum Gasteiger partial charge on any atom is 0.262 e. The van der Waals surface area contributed by atoms with E-state index >= 15 is 0 Å². The molecule has 4 nitrogen and oxygen atoms in total. The number of halogens is 2. The number of rotatable bonds is 2. The number of benzene rings is 1. The number of hydrogen-bond acceptors (Lipinski definition) is 4. The smallest absolute Gasteiger partial charge is 0.262 e. The molecule has 0 fully saturated rings. The molecular weight excluding hydrogens is 349 g/mol. The molecule has 2 aromatic heterocycles. The predicted octanol–water partition coefficient (Wildman–Crippen LogP) is 3.51. The topological polar surface area (TPSA) is 46.9 Å². The minimum Gasteiger partial charge on any atom is -0.312 e. The predicted molar refractivity (Wildman–Crippen MR) is 94.5 cm³/mol. The van der Waals surface area contributed by atoms with Crippen LogP contribution in [0.3, 0.4) is 0 Å². The van der Waals surface area contributed by atoms with Gasteiger partial charge in [-0.05, 0) is 49.2 Å². The minimum absolute atomic E-state index is 0.0766. The molecule has 1 atom stereocenters. The number of nitrogens with one attached hydrogen (secondary N) is 1. The van der Waals surface area contributed by atoms with Gasteiger partial charge in [0.2, 0.25) is 0 Å². The number of nitrogens with zero attached hydrogens (tertiary/aromatic N) is 2. The van der Waals surface area contributed by atoms with Crippen LogP contribution in [0.2, 0.25) is 5.02 Å². The van der Waals surface area contributed by atoms with Crippen LogP contribution >= 0.6 is 22.9 Å². The Kier molecular flexibility index (Phi) is 3.90. The summed E-state index contributed by atoms with van der Waals surface area (Å²) in [5.41, 5.74) is 1.67. The van der Waals surface area contributed by atoms with E-state index in [-0.39, 0.29) is 11.6 Å². The van der Waals surface area contributed by atoms with Crippen molar-refractivity contribution < 1.29 is 4.39 Å². The Hall–Kier alpha value is -1.76. The molecule has 3 heterocycles. The van der Waals surface area contributed by atoms with Crippen LogP contribution in [0.25, 0.3) is 10.2 Å². The number of hydrogen-bond donors (Lipinski definition) is 1. The number of fused-ring (bicyclic) bond motifs is 3. The third kappa shape index (κ3) is 2.55. The van der Waals surface area contributed by atoms with Gasteiger partial charge in [-0.15, -0.1) is 11.3 Å². The zero-order valence-corrected chi connectivity index (χ0v) is 14.5. The molecule has 0 unspecified atom stereocenters. The molecule has 0 amide bonds. The van der Waals surface area contributed by atoms with Gasteiger partial charge in [-0.1, -0.05) is 11.6 Å². The molecule has 7 heteroatoms. The summed E-state index contributed by atoms with van der Waals surface area (Å²) in [6, 6.07) is 3.99. The van der Waals surface area contributed by atoms with Crippen molar-refractivity contribution in [3.63, 3.8) is 0 Å². The first-order chi connectivity index (χ1) is 11.5. The lowest BCUT2D eigenvalue weighted by atomic mass is 10.1. The molecule has 0 radical (unpaired) electrons. The molecule has 0 saturated carbocycles. The summed E-state index contributed by atoms with van der Waals surface area (Å²) in [5, 5.41) is 4.33. The highest BCUT2D eigenvalue weighted by Crippen LogP contribution is 2.30. The van der Waals surface area contributed by atoms with Crippen LogP contribution in [0, 0.1) is 5.82 Å². The summed E-state index contributed by atoms with van der Waals surface area (Å²) in [6.45, 7) is 3.49. The van der Waals surface area contributed by atoms with Gasteiger partial charge in [0.25, 0.3) is 5.56 Å². The molecule has 0 aliphatic carbocycles. The van der Waals surface area contributed by atoms with E-state index in [2.05, 4.69) is 10.3 Å². The van der Waals surface area contributed by atoms with E-state index in [1.807, 2.05) is 6.92 Å². The standard InChI is InChI=1S/C17H15ClFN3OS/c1-9(10-4-11(18)6-12(19)5-10)22-8-21-16-15(17(22)23)13-2-3-20-7-14(13)24-16/h4-6,8-9,20H,2-3,7H2,1H3/t9-/m0/s1. The lowest BCUT2D eigenvalue weighted by Gasteiger charge is -2.16. The van der Waals surface area contributed by atoms with E-state index in [4.69, 9.17) is 11.6 Å². The summed E-state index contributed by atoms with van der Waals surface area (Å²) in [6.07, 6.45) is 2.37. The van der Waals surface area contributed by atoms with Gasteiger partial charge in [0.1, 0.15) is 10.6 Å². The zero-order valence-electron chi connectivity index (χ0n) is 13.0. The molecule has 4 rings (SSSR count).